The maximum atomic E-state index is 13.7. The number of carbonyl (C=O) groups is 2. The second-order valence-electron chi connectivity index (χ2n) is 7.33. The normalized spacial score (nSPS) is 13.4. The van der Waals surface area contributed by atoms with Crippen LogP contribution in [0, 0.1) is 12.7 Å². The lowest BCUT2D eigenvalue weighted by molar-refractivity contribution is -0.133. The van der Waals surface area contributed by atoms with E-state index in [0.717, 1.165) is 23.0 Å². The third-order valence-corrected chi connectivity index (χ3v) is 8.28. The molecule has 0 spiro atoms. The van der Waals surface area contributed by atoms with Crippen LogP contribution in [0.4, 0.5) is 21.5 Å². The summed E-state index contributed by atoms with van der Waals surface area (Å²) in [5, 5.41) is 6.53. The van der Waals surface area contributed by atoms with Crippen LogP contribution in [-0.2, 0) is 26.0 Å². The van der Waals surface area contributed by atoms with Gasteiger partial charge >= 0.3 is 11.8 Å². The van der Waals surface area contributed by atoms with Gasteiger partial charge in [0.05, 0.1) is 5.69 Å². The number of halogens is 1. The number of nitrogens with one attached hydrogen (secondary N) is 2. The number of carbonyl (C=O) groups excluding carboxylic acids is 2. The third-order valence-electron chi connectivity index (χ3n) is 5.09. The zero-order valence-corrected chi connectivity index (χ0v) is 18.7. The van der Waals surface area contributed by atoms with Gasteiger partial charge in [0.2, 0.25) is 0 Å². The quantitative estimate of drug-likeness (QED) is 0.562. The molecule has 10 heteroatoms. The van der Waals surface area contributed by atoms with Crippen molar-refractivity contribution >= 4 is 50.2 Å². The molecular weight excluding hydrogens is 453 g/mol. The molecule has 1 aliphatic rings. The van der Waals surface area contributed by atoms with Gasteiger partial charge in [-0.15, -0.1) is 11.3 Å². The van der Waals surface area contributed by atoms with Gasteiger partial charge < -0.3 is 10.6 Å². The Labute approximate surface area is 188 Å². The molecule has 2 N–H and O–H groups in total. The monoisotopic (exact) mass is 473 g/mol. The average Bonchev–Trinajstić information content (AvgIpc) is 3.31. The number of nitrogens with zero attached hydrogens (tertiary/aromatic N) is 1. The van der Waals surface area contributed by atoms with Gasteiger partial charge in [-0.25, -0.2) is 12.8 Å². The molecule has 2 amide bonds. The summed E-state index contributed by atoms with van der Waals surface area (Å²) in [5.41, 5.74) is 2.18. The number of hydrogen-bond acceptors (Lipinski definition) is 5. The minimum atomic E-state index is -3.72. The number of benzene rings is 2. The maximum Gasteiger partial charge on any atom is 0.314 e. The molecular formula is C22H20FN3O4S2. The minimum Gasteiger partial charge on any atom is -0.318 e. The van der Waals surface area contributed by atoms with E-state index in [-0.39, 0.29) is 15.6 Å². The summed E-state index contributed by atoms with van der Waals surface area (Å²) in [6.45, 7) is 1.91. The summed E-state index contributed by atoms with van der Waals surface area (Å²) in [7, 11) is -3.72. The fraction of sp³-hybridized carbons (Fsp3) is 0.182. The SMILES string of the molecule is Cc1ccc(NC(=O)C(=O)Nc2ccc3c(c2)N(S(=O)(=O)c2cccs2)CCC3)cc1F. The standard InChI is InChI=1S/C22H20FN3O4S2/c1-14-6-8-16(12-18(14)23)24-21(27)22(28)25-17-9-7-15-4-2-10-26(19(15)13-17)32(29,30)20-5-3-11-31-20/h3,5-9,11-13H,2,4,10H2,1H3,(H,24,27)(H,25,28). The Morgan fingerprint density at radius 2 is 1.72 bits per heavy atom. The molecule has 0 fully saturated rings. The van der Waals surface area contributed by atoms with Gasteiger partial charge in [0.25, 0.3) is 10.0 Å². The Hall–Kier alpha value is -3.24. The number of hydrogen-bond donors (Lipinski definition) is 2. The highest BCUT2D eigenvalue weighted by atomic mass is 32.2. The van der Waals surface area contributed by atoms with Crippen LogP contribution in [0.15, 0.2) is 58.1 Å². The van der Waals surface area contributed by atoms with E-state index in [1.165, 1.54) is 16.4 Å². The van der Waals surface area contributed by atoms with E-state index < -0.39 is 27.7 Å². The molecule has 2 aromatic carbocycles. The zero-order chi connectivity index (χ0) is 22.9. The fourth-order valence-corrected chi connectivity index (χ4v) is 6.07. The Balaban J connectivity index is 1.53. The molecule has 4 rings (SSSR count). The van der Waals surface area contributed by atoms with Crippen molar-refractivity contribution < 1.29 is 22.4 Å². The summed E-state index contributed by atoms with van der Waals surface area (Å²) in [6.07, 6.45) is 1.39. The van der Waals surface area contributed by atoms with Gasteiger partial charge in [-0.1, -0.05) is 18.2 Å². The number of anilines is 3. The van der Waals surface area contributed by atoms with Crippen LogP contribution >= 0.6 is 11.3 Å². The van der Waals surface area contributed by atoms with Crippen molar-refractivity contribution in [2.75, 3.05) is 21.5 Å². The Kier molecular flexibility index (Phi) is 5.98. The van der Waals surface area contributed by atoms with Crippen molar-refractivity contribution in [2.45, 2.75) is 24.0 Å². The lowest BCUT2D eigenvalue weighted by Gasteiger charge is -2.30. The molecule has 32 heavy (non-hydrogen) atoms. The van der Waals surface area contributed by atoms with Crippen molar-refractivity contribution in [1.29, 1.82) is 0 Å². The summed E-state index contributed by atoms with van der Waals surface area (Å²) >= 11 is 1.14. The topological polar surface area (TPSA) is 95.6 Å². The van der Waals surface area contributed by atoms with E-state index in [0.29, 0.717) is 30.6 Å². The molecule has 7 nitrogen and oxygen atoms in total. The van der Waals surface area contributed by atoms with Gasteiger partial charge in [-0.2, -0.15) is 0 Å². The highest BCUT2D eigenvalue weighted by Gasteiger charge is 2.30. The molecule has 3 aromatic rings. The van der Waals surface area contributed by atoms with E-state index in [4.69, 9.17) is 0 Å². The Bertz CT molecular complexity index is 1290. The lowest BCUT2D eigenvalue weighted by atomic mass is 10.0. The lowest BCUT2D eigenvalue weighted by Crippen LogP contribution is -2.35. The Morgan fingerprint density at radius 1 is 1.03 bits per heavy atom. The average molecular weight is 474 g/mol. The van der Waals surface area contributed by atoms with Crippen molar-refractivity contribution in [2.24, 2.45) is 0 Å². The molecule has 0 atom stereocenters. The van der Waals surface area contributed by atoms with Gasteiger partial charge in [0.15, 0.2) is 0 Å². The molecule has 2 heterocycles. The second-order valence-corrected chi connectivity index (χ2v) is 10.4. The summed E-state index contributed by atoms with van der Waals surface area (Å²) in [4.78, 5) is 24.6. The molecule has 0 unspecified atom stereocenters. The summed E-state index contributed by atoms with van der Waals surface area (Å²) in [6, 6.07) is 12.3. The predicted octanol–water partition coefficient (Wildman–Crippen LogP) is 3.91. The molecule has 166 valence electrons. The predicted molar refractivity (Wildman–Crippen MR) is 122 cm³/mol. The molecule has 1 aromatic heterocycles. The van der Waals surface area contributed by atoms with Crippen molar-refractivity contribution in [3.05, 3.63) is 70.9 Å². The number of aryl methyl sites for hydroxylation is 2. The van der Waals surface area contributed by atoms with Crippen LogP contribution in [0.1, 0.15) is 17.5 Å². The smallest absolute Gasteiger partial charge is 0.314 e. The summed E-state index contributed by atoms with van der Waals surface area (Å²) < 4.78 is 41.4. The van der Waals surface area contributed by atoms with Crippen LogP contribution in [0.25, 0.3) is 0 Å². The first-order chi connectivity index (χ1) is 15.3. The third kappa shape index (κ3) is 4.37. The molecule has 1 aliphatic heterocycles. The largest absolute Gasteiger partial charge is 0.318 e. The van der Waals surface area contributed by atoms with Gasteiger partial charge in [-0.3, -0.25) is 13.9 Å². The van der Waals surface area contributed by atoms with Gasteiger partial charge in [0, 0.05) is 17.9 Å². The van der Waals surface area contributed by atoms with Crippen LogP contribution in [0.5, 0.6) is 0 Å². The van der Waals surface area contributed by atoms with Crippen LogP contribution in [0.2, 0.25) is 0 Å². The van der Waals surface area contributed by atoms with Crippen molar-refractivity contribution in [1.82, 2.24) is 0 Å². The fourth-order valence-electron chi connectivity index (χ4n) is 3.43. The molecule has 0 saturated heterocycles. The molecule has 0 bridgehead atoms. The van der Waals surface area contributed by atoms with Crippen molar-refractivity contribution in [3.63, 3.8) is 0 Å². The van der Waals surface area contributed by atoms with E-state index in [1.807, 2.05) is 0 Å². The number of thiophene rings is 1. The van der Waals surface area contributed by atoms with Crippen LogP contribution < -0.4 is 14.9 Å². The van der Waals surface area contributed by atoms with Crippen LogP contribution in [0.3, 0.4) is 0 Å². The number of rotatable bonds is 4. The zero-order valence-electron chi connectivity index (χ0n) is 17.1. The molecule has 0 aliphatic carbocycles. The van der Waals surface area contributed by atoms with E-state index in [1.54, 1.807) is 42.6 Å². The maximum absolute atomic E-state index is 13.7. The van der Waals surface area contributed by atoms with E-state index in [9.17, 15) is 22.4 Å². The number of sulfonamides is 1. The molecule has 0 saturated carbocycles. The first-order valence-electron chi connectivity index (χ1n) is 9.83. The number of amides is 2. The highest BCUT2D eigenvalue weighted by Crippen LogP contribution is 2.35. The van der Waals surface area contributed by atoms with Crippen LogP contribution in [-0.4, -0.2) is 26.8 Å². The van der Waals surface area contributed by atoms with Gasteiger partial charge in [0.1, 0.15) is 10.0 Å². The summed E-state index contributed by atoms with van der Waals surface area (Å²) in [5.74, 6) is -2.41. The minimum absolute atomic E-state index is 0.159. The molecule has 0 radical (unpaired) electrons. The second kappa shape index (κ2) is 8.71. The highest BCUT2D eigenvalue weighted by molar-refractivity contribution is 7.94. The van der Waals surface area contributed by atoms with Gasteiger partial charge in [-0.05, 0) is 66.6 Å². The Morgan fingerprint density at radius 3 is 2.38 bits per heavy atom. The van der Waals surface area contributed by atoms with Crippen molar-refractivity contribution in [3.8, 4) is 0 Å². The first-order valence-corrected chi connectivity index (χ1v) is 12.2. The first kappa shape index (κ1) is 22.0. The number of fused-ring (bicyclic) bond motifs is 1. The van der Waals surface area contributed by atoms with E-state index in [2.05, 4.69) is 10.6 Å². The van der Waals surface area contributed by atoms with E-state index >= 15 is 0 Å².